The maximum absolute atomic E-state index is 5.15. The first kappa shape index (κ1) is 11.0. The number of aromatic nitrogens is 3. The molecule has 0 N–H and O–H groups in total. The van der Waals surface area contributed by atoms with Gasteiger partial charge in [0, 0.05) is 31.7 Å². The van der Waals surface area contributed by atoms with Gasteiger partial charge in [0.25, 0.3) is 0 Å². The smallest absolute Gasteiger partial charge is 0.127 e. The van der Waals surface area contributed by atoms with E-state index in [9.17, 15) is 0 Å². The second-order valence-corrected chi connectivity index (χ2v) is 3.94. The first-order valence-electron chi connectivity index (χ1n) is 4.87. The van der Waals surface area contributed by atoms with Crippen LogP contribution >= 0.6 is 12.6 Å². The van der Waals surface area contributed by atoms with Crippen molar-refractivity contribution in [2.45, 2.75) is 5.25 Å². The predicted octanol–water partition coefficient (Wildman–Crippen LogP) is 1.84. The highest BCUT2D eigenvalue weighted by Gasteiger charge is 2.15. The Balaban J connectivity index is 2.33. The first-order valence-corrected chi connectivity index (χ1v) is 5.39. The van der Waals surface area contributed by atoms with Gasteiger partial charge in [-0.15, -0.1) is 0 Å². The molecule has 0 bridgehead atoms. The van der Waals surface area contributed by atoms with Gasteiger partial charge in [0.2, 0.25) is 0 Å². The second-order valence-electron chi connectivity index (χ2n) is 3.42. The molecule has 1 unspecified atom stereocenters. The third-order valence-corrected chi connectivity index (χ3v) is 2.87. The van der Waals surface area contributed by atoms with E-state index in [1.165, 1.54) is 0 Å². The Morgan fingerprint density at radius 2 is 2.19 bits per heavy atom. The zero-order valence-electron chi connectivity index (χ0n) is 9.16. The van der Waals surface area contributed by atoms with Crippen molar-refractivity contribution in [2.75, 3.05) is 7.11 Å². The molecular formula is C11H13N3OS. The van der Waals surface area contributed by atoms with E-state index < -0.39 is 0 Å². The fourth-order valence-electron chi connectivity index (χ4n) is 1.48. The number of aryl methyl sites for hydroxylation is 1. The quantitative estimate of drug-likeness (QED) is 0.825. The lowest BCUT2D eigenvalue weighted by Gasteiger charge is -2.11. The number of methoxy groups -OCH3 is 1. The average Bonchev–Trinajstić information content (AvgIpc) is 2.74. The topological polar surface area (TPSA) is 39.9 Å². The fraction of sp³-hybridized carbons (Fsp3) is 0.273. The van der Waals surface area contributed by atoms with Crippen LogP contribution in [0.4, 0.5) is 0 Å². The van der Waals surface area contributed by atoms with Crippen LogP contribution in [0.1, 0.15) is 16.8 Å². The van der Waals surface area contributed by atoms with Gasteiger partial charge in [-0.25, -0.2) is 4.98 Å². The molecule has 0 aromatic carbocycles. The minimum atomic E-state index is -0.143. The number of thiol groups is 1. The van der Waals surface area contributed by atoms with Gasteiger partial charge < -0.3 is 9.30 Å². The molecule has 0 aliphatic rings. The van der Waals surface area contributed by atoms with E-state index in [2.05, 4.69) is 22.6 Å². The van der Waals surface area contributed by atoms with E-state index in [0.717, 1.165) is 17.3 Å². The lowest BCUT2D eigenvalue weighted by molar-refractivity contribution is 0.413. The molecule has 0 radical (unpaired) electrons. The van der Waals surface area contributed by atoms with E-state index >= 15 is 0 Å². The van der Waals surface area contributed by atoms with Gasteiger partial charge in [0.05, 0.1) is 12.8 Å². The monoisotopic (exact) mass is 235 g/mol. The van der Waals surface area contributed by atoms with Gasteiger partial charge in [-0.2, -0.15) is 12.6 Å². The molecule has 0 amide bonds. The average molecular weight is 235 g/mol. The number of rotatable bonds is 3. The van der Waals surface area contributed by atoms with Crippen molar-refractivity contribution in [1.82, 2.24) is 14.5 Å². The van der Waals surface area contributed by atoms with Crippen LogP contribution in [0.25, 0.3) is 0 Å². The molecule has 5 heteroatoms. The highest BCUT2D eigenvalue weighted by Crippen LogP contribution is 2.26. The summed E-state index contributed by atoms with van der Waals surface area (Å²) < 4.78 is 7.08. The van der Waals surface area contributed by atoms with Crippen molar-refractivity contribution >= 4 is 12.6 Å². The summed E-state index contributed by atoms with van der Waals surface area (Å²) in [7, 11) is 3.57. The number of imidazole rings is 1. The highest BCUT2D eigenvalue weighted by atomic mass is 32.1. The van der Waals surface area contributed by atoms with Crippen LogP contribution in [-0.4, -0.2) is 21.6 Å². The van der Waals surface area contributed by atoms with Crippen LogP contribution in [-0.2, 0) is 7.05 Å². The van der Waals surface area contributed by atoms with E-state index in [1.54, 1.807) is 19.5 Å². The number of ether oxygens (including phenoxy) is 1. The number of nitrogens with zero attached hydrogens (tertiary/aromatic N) is 3. The van der Waals surface area contributed by atoms with E-state index in [0.29, 0.717) is 0 Å². The zero-order chi connectivity index (χ0) is 11.5. The summed E-state index contributed by atoms with van der Waals surface area (Å²) in [6.07, 6.45) is 5.35. The molecule has 16 heavy (non-hydrogen) atoms. The summed E-state index contributed by atoms with van der Waals surface area (Å²) in [5.41, 5.74) is 0.831. The molecule has 0 saturated carbocycles. The highest BCUT2D eigenvalue weighted by molar-refractivity contribution is 7.80. The fourth-order valence-corrected chi connectivity index (χ4v) is 1.87. The summed E-state index contributed by atoms with van der Waals surface area (Å²) in [5.74, 6) is 1.64. The third-order valence-electron chi connectivity index (χ3n) is 2.37. The Bertz CT molecular complexity index is 484. The lowest BCUT2D eigenvalue weighted by atomic mass is 10.2. The Labute approximate surface area is 99.7 Å². The van der Waals surface area contributed by atoms with Crippen LogP contribution in [0.3, 0.4) is 0 Å². The summed E-state index contributed by atoms with van der Waals surface area (Å²) in [5, 5.41) is -0.143. The Kier molecular flexibility index (Phi) is 3.14. The molecule has 0 aliphatic heterocycles. The van der Waals surface area contributed by atoms with Crippen molar-refractivity contribution in [3.8, 4) is 5.75 Å². The maximum atomic E-state index is 5.15. The SMILES string of the molecule is COc1ccnc(C(S)c2nccn2C)c1. The number of pyridine rings is 1. The largest absolute Gasteiger partial charge is 0.497 e. The Morgan fingerprint density at radius 1 is 1.38 bits per heavy atom. The van der Waals surface area contributed by atoms with Crippen molar-refractivity contribution in [3.63, 3.8) is 0 Å². The Hall–Kier alpha value is -1.49. The number of hydrogen-bond donors (Lipinski definition) is 1. The minimum absolute atomic E-state index is 0.143. The van der Waals surface area contributed by atoms with Crippen LogP contribution in [0, 0.1) is 0 Å². The normalized spacial score (nSPS) is 12.4. The second kappa shape index (κ2) is 4.57. The van der Waals surface area contributed by atoms with Crippen LogP contribution in [0.15, 0.2) is 30.7 Å². The molecule has 0 fully saturated rings. The summed E-state index contributed by atoms with van der Waals surface area (Å²) >= 11 is 4.53. The molecule has 2 aromatic heterocycles. The Morgan fingerprint density at radius 3 is 2.81 bits per heavy atom. The summed E-state index contributed by atoms with van der Waals surface area (Å²) in [6.45, 7) is 0. The number of hydrogen-bond acceptors (Lipinski definition) is 4. The van der Waals surface area contributed by atoms with Gasteiger partial charge in [-0.05, 0) is 6.07 Å². The lowest BCUT2D eigenvalue weighted by Crippen LogP contribution is -2.04. The molecular weight excluding hydrogens is 222 g/mol. The zero-order valence-corrected chi connectivity index (χ0v) is 10.1. The van der Waals surface area contributed by atoms with Gasteiger partial charge >= 0.3 is 0 Å². The molecule has 2 heterocycles. The summed E-state index contributed by atoms with van der Waals surface area (Å²) in [4.78, 5) is 8.53. The van der Waals surface area contributed by atoms with Crippen molar-refractivity contribution in [3.05, 3.63) is 42.2 Å². The van der Waals surface area contributed by atoms with Crippen LogP contribution in [0.5, 0.6) is 5.75 Å². The molecule has 84 valence electrons. The molecule has 4 nitrogen and oxygen atoms in total. The van der Waals surface area contributed by atoms with E-state index in [4.69, 9.17) is 4.74 Å². The van der Waals surface area contributed by atoms with Crippen molar-refractivity contribution < 1.29 is 4.74 Å². The van der Waals surface area contributed by atoms with Crippen molar-refractivity contribution in [1.29, 1.82) is 0 Å². The van der Waals surface area contributed by atoms with Gasteiger partial charge in [-0.1, -0.05) is 0 Å². The van der Waals surface area contributed by atoms with Crippen LogP contribution in [0.2, 0.25) is 0 Å². The first-order chi connectivity index (χ1) is 7.72. The third kappa shape index (κ3) is 2.04. The van der Waals surface area contributed by atoms with Gasteiger partial charge in [0.1, 0.15) is 16.8 Å². The molecule has 0 aliphatic carbocycles. The van der Waals surface area contributed by atoms with Crippen LogP contribution < -0.4 is 4.74 Å². The van der Waals surface area contributed by atoms with Gasteiger partial charge in [0.15, 0.2) is 0 Å². The summed E-state index contributed by atoms with van der Waals surface area (Å²) in [6, 6.07) is 3.68. The molecule has 2 rings (SSSR count). The molecule has 1 atom stereocenters. The van der Waals surface area contributed by atoms with E-state index in [-0.39, 0.29) is 5.25 Å². The predicted molar refractivity (Wildman–Crippen MR) is 64.8 cm³/mol. The maximum Gasteiger partial charge on any atom is 0.127 e. The van der Waals surface area contributed by atoms with Gasteiger partial charge in [-0.3, -0.25) is 4.98 Å². The van der Waals surface area contributed by atoms with Crippen molar-refractivity contribution in [2.24, 2.45) is 7.05 Å². The standard InChI is InChI=1S/C11H13N3OS/c1-14-6-5-13-11(14)10(16)9-7-8(15-2)3-4-12-9/h3-7,10,16H,1-2H3. The minimum Gasteiger partial charge on any atom is -0.497 e. The molecule has 0 spiro atoms. The molecule has 0 saturated heterocycles. The molecule has 2 aromatic rings. The van der Waals surface area contributed by atoms with E-state index in [1.807, 2.05) is 29.9 Å².